The number of hydrogen-bond donors (Lipinski definition) is 0. The van der Waals surface area contributed by atoms with Gasteiger partial charge in [0.05, 0.1) is 44.1 Å². The molecular weight excluding hydrogens is 1300 g/mol. The van der Waals surface area contributed by atoms with Gasteiger partial charge in [0, 0.05) is 82.2 Å². The summed E-state index contributed by atoms with van der Waals surface area (Å²) in [7, 11) is 0. The molecule has 0 saturated heterocycles. The molecule has 5 heterocycles. The van der Waals surface area contributed by atoms with Crippen molar-refractivity contribution in [1.82, 2.24) is 18.3 Å². The second kappa shape index (κ2) is 24.2. The topological polar surface area (TPSA) is 32.9 Å². The lowest BCUT2D eigenvalue weighted by atomic mass is 9.92. The van der Waals surface area contributed by atoms with Gasteiger partial charge in [-0.15, -0.1) is 0 Å². The van der Waals surface area contributed by atoms with Gasteiger partial charge in [-0.25, -0.2) is 0 Å². The molecule has 18 aromatic carbocycles. The normalized spacial score (nSPS) is 11.9. The van der Waals surface area contributed by atoms with Crippen LogP contribution < -0.4 is 0 Å². The molecule has 498 valence electrons. The van der Waals surface area contributed by atoms with Gasteiger partial charge in [-0.3, -0.25) is 0 Å². The van der Waals surface area contributed by atoms with E-state index in [1.807, 2.05) is 12.1 Å². The molecule has 0 saturated carbocycles. The average molecular weight is 1360 g/mol. The summed E-state index contributed by atoms with van der Waals surface area (Å²) in [6.45, 7) is 0. The smallest absolute Gasteiger partial charge is 0.143 e. The molecule has 5 aromatic heterocycles. The second-order valence-corrected chi connectivity index (χ2v) is 28.2. The van der Waals surface area contributed by atoms with Crippen LogP contribution in [-0.2, 0) is 0 Å². The van der Waals surface area contributed by atoms with E-state index < -0.39 is 0 Å². The molecule has 107 heavy (non-hydrogen) atoms. The zero-order chi connectivity index (χ0) is 70.2. The molecule has 5 heteroatoms. The number of aromatic nitrogens is 4. The molecular formula is C102H64N4O. The van der Waals surface area contributed by atoms with E-state index in [0.717, 1.165) is 44.4 Å². The van der Waals surface area contributed by atoms with Gasteiger partial charge in [-0.05, 0) is 205 Å². The molecule has 23 aromatic rings. The van der Waals surface area contributed by atoms with Crippen molar-refractivity contribution in [2.24, 2.45) is 0 Å². The fraction of sp³-hybridized carbons (Fsp3) is 0. The lowest BCUT2D eigenvalue weighted by molar-refractivity contribution is 0.670. The van der Waals surface area contributed by atoms with E-state index in [0.29, 0.717) is 0 Å². The molecule has 0 bridgehead atoms. The van der Waals surface area contributed by atoms with Crippen molar-refractivity contribution in [2.45, 2.75) is 0 Å². The van der Waals surface area contributed by atoms with Crippen molar-refractivity contribution in [3.05, 3.63) is 388 Å². The van der Waals surface area contributed by atoms with Gasteiger partial charge in [-0.1, -0.05) is 255 Å². The first-order valence-electron chi connectivity index (χ1n) is 36.8. The number of benzene rings is 18. The fourth-order valence-electron chi connectivity index (χ4n) is 17.6. The molecule has 0 N–H and O–H groups in total. The van der Waals surface area contributed by atoms with Crippen molar-refractivity contribution in [3.8, 4) is 67.3 Å². The summed E-state index contributed by atoms with van der Waals surface area (Å²) in [5.74, 6) is 0. The van der Waals surface area contributed by atoms with Crippen molar-refractivity contribution in [3.63, 3.8) is 0 Å². The summed E-state index contributed by atoms with van der Waals surface area (Å²) in [5, 5.41) is 20.1. The minimum absolute atomic E-state index is 0.912. The summed E-state index contributed by atoms with van der Waals surface area (Å²) >= 11 is 0. The van der Waals surface area contributed by atoms with Gasteiger partial charge in [0.1, 0.15) is 11.2 Å². The molecule has 0 radical (unpaired) electrons. The van der Waals surface area contributed by atoms with E-state index in [-0.39, 0.29) is 0 Å². The molecule has 0 atom stereocenters. The van der Waals surface area contributed by atoms with Gasteiger partial charge in [-0.2, -0.15) is 0 Å². The Kier molecular flexibility index (Phi) is 13.6. The highest BCUT2D eigenvalue weighted by Crippen LogP contribution is 2.45. The van der Waals surface area contributed by atoms with Gasteiger partial charge in [0.15, 0.2) is 0 Å². The van der Waals surface area contributed by atoms with E-state index in [4.69, 9.17) is 4.42 Å². The number of rotatable bonds is 8. The first-order valence-corrected chi connectivity index (χ1v) is 36.8. The van der Waals surface area contributed by atoms with Crippen LogP contribution in [-0.4, -0.2) is 18.3 Å². The van der Waals surface area contributed by atoms with Crippen molar-refractivity contribution < 1.29 is 4.42 Å². The third-order valence-corrected chi connectivity index (χ3v) is 22.4. The van der Waals surface area contributed by atoms with Crippen LogP contribution in [0.5, 0.6) is 0 Å². The zero-order valence-electron chi connectivity index (χ0n) is 58.1. The van der Waals surface area contributed by atoms with E-state index in [2.05, 4.69) is 394 Å². The molecule has 0 aliphatic carbocycles. The molecule has 23 rings (SSSR count). The number of furan rings is 1. The molecule has 0 aliphatic heterocycles. The molecule has 0 aliphatic rings. The molecule has 0 spiro atoms. The number of nitrogens with zero attached hydrogens (tertiary/aromatic N) is 4. The maximum Gasteiger partial charge on any atom is 0.143 e. The molecule has 0 unspecified atom stereocenters. The van der Waals surface area contributed by atoms with E-state index in [1.165, 1.54) is 164 Å². The van der Waals surface area contributed by atoms with Crippen molar-refractivity contribution >= 4 is 141 Å². The van der Waals surface area contributed by atoms with E-state index in [1.54, 1.807) is 0 Å². The monoisotopic (exact) mass is 1360 g/mol. The van der Waals surface area contributed by atoms with Crippen LogP contribution in [0.2, 0.25) is 0 Å². The molecule has 0 fully saturated rings. The Balaban J connectivity index is 0.000000134. The number of para-hydroxylation sites is 8. The largest absolute Gasteiger partial charge is 0.455 e. The minimum Gasteiger partial charge on any atom is -0.455 e. The summed E-state index contributed by atoms with van der Waals surface area (Å²) < 4.78 is 16.0. The maximum absolute atomic E-state index is 6.43. The highest BCUT2D eigenvalue weighted by atomic mass is 16.3. The SMILES string of the molecule is c1ccc(-n2c3ccccc3c3cc(-c4ccc5c(c4)c4ccccc4n5-c4cccc(-c5ccc6c7ccccc7c7ccccc7c6c5)c4)ccc32)cc1.c1ccc(-n2c3ccccc3c3cc(-c4ccc5c(c4)c4ccccc4n5-c4cccc(-c5cccc6c5oc5ccccc56)c4)ccc32)cc1. The second-order valence-electron chi connectivity index (χ2n) is 28.2. The first-order chi connectivity index (χ1) is 53.1. The Morgan fingerprint density at radius 3 is 0.869 bits per heavy atom. The van der Waals surface area contributed by atoms with Crippen molar-refractivity contribution in [1.29, 1.82) is 0 Å². The summed E-state index contributed by atoms with van der Waals surface area (Å²) in [6.07, 6.45) is 0. The van der Waals surface area contributed by atoms with Crippen LogP contribution in [0.4, 0.5) is 0 Å². The standard InChI is InChI=1S/C54H34N2.C48H30N2O/c1-2-14-39(15-3-1)55-51-23-10-8-21-46(51)49-33-37(26-29-53(49)55)38-27-30-54-50(34-38)47-22-9-11-24-52(47)56(54)40-16-12-13-35(31-40)36-25-28-45-43-19-5-4-17-41(43)42-18-6-7-20-44(42)48(45)32-36;1-2-13-34(14-3-1)49-43-21-7-4-16-37(43)41-29-31(24-26-45(41)49)32-25-27-46-42(30-32)38-17-5-8-22-44(38)50(46)35-15-10-12-33(28-35)36-19-11-20-40-39-18-6-9-23-47(39)51-48(36)40/h1-34H;1-30H. The Labute approximate surface area is 615 Å². The van der Waals surface area contributed by atoms with Crippen LogP contribution in [0.1, 0.15) is 0 Å². The van der Waals surface area contributed by atoms with Crippen LogP contribution in [0.3, 0.4) is 0 Å². The molecule has 0 amide bonds. The van der Waals surface area contributed by atoms with Gasteiger partial charge >= 0.3 is 0 Å². The van der Waals surface area contributed by atoms with Crippen molar-refractivity contribution in [2.75, 3.05) is 0 Å². The third kappa shape index (κ3) is 9.58. The van der Waals surface area contributed by atoms with Gasteiger partial charge < -0.3 is 22.7 Å². The zero-order valence-corrected chi connectivity index (χ0v) is 58.1. The Morgan fingerprint density at radius 1 is 0.150 bits per heavy atom. The highest BCUT2D eigenvalue weighted by Gasteiger charge is 2.21. The maximum atomic E-state index is 6.43. The van der Waals surface area contributed by atoms with Gasteiger partial charge in [0.25, 0.3) is 0 Å². The van der Waals surface area contributed by atoms with Crippen LogP contribution >= 0.6 is 0 Å². The summed E-state index contributed by atoms with van der Waals surface area (Å²) in [5.41, 5.74) is 25.6. The number of fused-ring (bicyclic) bond motifs is 21. The Bertz CT molecular complexity index is 7530. The minimum atomic E-state index is 0.912. The van der Waals surface area contributed by atoms with Crippen LogP contribution in [0, 0.1) is 0 Å². The van der Waals surface area contributed by atoms with E-state index >= 15 is 0 Å². The lowest BCUT2D eigenvalue weighted by Gasteiger charge is -2.13. The number of hydrogen-bond acceptors (Lipinski definition) is 1. The lowest BCUT2D eigenvalue weighted by Crippen LogP contribution is -1.94. The fourth-order valence-corrected chi connectivity index (χ4v) is 17.6. The molecule has 5 nitrogen and oxygen atoms in total. The summed E-state index contributed by atoms with van der Waals surface area (Å²) in [6, 6.07) is 141. The third-order valence-electron chi connectivity index (χ3n) is 22.4. The average Bonchev–Trinajstić information content (AvgIpc) is 1.60. The Hall–Kier alpha value is -14.3. The highest BCUT2D eigenvalue weighted by molar-refractivity contribution is 6.26. The Morgan fingerprint density at radius 2 is 0.430 bits per heavy atom. The van der Waals surface area contributed by atoms with Crippen LogP contribution in [0.15, 0.2) is 393 Å². The predicted molar refractivity (Wildman–Crippen MR) is 452 cm³/mol. The van der Waals surface area contributed by atoms with Crippen LogP contribution in [0.25, 0.3) is 209 Å². The quantitative estimate of drug-likeness (QED) is 0.140. The van der Waals surface area contributed by atoms with E-state index in [9.17, 15) is 0 Å². The summed E-state index contributed by atoms with van der Waals surface area (Å²) in [4.78, 5) is 0. The van der Waals surface area contributed by atoms with Gasteiger partial charge in [0.2, 0.25) is 0 Å². The predicted octanol–water partition coefficient (Wildman–Crippen LogP) is 27.8. The first kappa shape index (κ1) is 60.3.